The van der Waals surface area contributed by atoms with E-state index in [9.17, 15) is 0 Å². The van der Waals surface area contributed by atoms with Crippen molar-refractivity contribution in [3.05, 3.63) is 63.7 Å². The zero-order chi connectivity index (χ0) is 17.8. The van der Waals surface area contributed by atoms with Crippen LogP contribution in [0.5, 0.6) is 0 Å². The molecule has 6 heteroatoms. The lowest BCUT2D eigenvalue weighted by Crippen LogP contribution is -2.16. The van der Waals surface area contributed by atoms with Gasteiger partial charge in [0.1, 0.15) is 0 Å². The Morgan fingerprint density at radius 2 is 1.92 bits per heavy atom. The molecule has 25 heavy (non-hydrogen) atoms. The van der Waals surface area contributed by atoms with Crippen molar-refractivity contribution in [2.75, 3.05) is 6.54 Å². The highest BCUT2D eigenvalue weighted by atomic mass is 35.5. The molecule has 2 heterocycles. The molecule has 2 N–H and O–H groups in total. The smallest absolute Gasteiger partial charge is 0.0649 e. The van der Waals surface area contributed by atoms with Crippen molar-refractivity contribution >= 4 is 11.6 Å². The summed E-state index contributed by atoms with van der Waals surface area (Å²) in [6, 6.07) is 7.77. The first-order valence-corrected chi connectivity index (χ1v) is 8.94. The van der Waals surface area contributed by atoms with Crippen molar-refractivity contribution in [3.8, 4) is 5.69 Å². The second-order valence-electron chi connectivity index (χ2n) is 6.34. The number of aromatic nitrogens is 4. The Hall–Kier alpha value is -2.11. The Morgan fingerprint density at radius 1 is 1.16 bits per heavy atom. The van der Waals surface area contributed by atoms with Crippen LogP contribution in [0.25, 0.3) is 5.69 Å². The minimum atomic E-state index is 0.736. The predicted molar refractivity (Wildman–Crippen MR) is 101 cm³/mol. The van der Waals surface area contributed by atoms with E-state index >= 15 is 0 Å². The van der Waals surface area contributed by atoms with Gasteiger partial charge in [0.15, 0.2) is 0 Å². The van der Waals surface area contributed by atoms with E-state index in [1.165, 1.54) is 11.1 Å². The van der Waals surface area contributed by atoms with Gasteiger partial charge in [0.25, 0.3) is 0 Å². The molecule has 0 saturated heterocycles. The molecule has 0 spiro atoms. The highest BCUT2D eigenvalue weighted by Gasteiger charge is 2.12. The van der Waals surface area contributed by atoms with Gasteiger partial charge in [-0.3, -0.25) is 5.10 Å². The van der Waals surface area contributed by atoms with Gasteiger partial charge in [-0.2, -0.15) is 10.2 Å². The number of hydrogen-bond donors (Lipinski definition) is 2. The monoisotopic (exact) mass is 357 g/mol. The summed E-state index contributed by atoms with van der Waals surface area (Å²) in [4.78, 5) is 0. The molecule has 0 aliphatic heterocycles. The second-order valence-corrected chi connectivity index (χ2v) is 6.77. The SMILES string of the molecule is Cc1nn(-c2ccc(Cl)cc2)c(C)c1CNCCCc1cn[nH]c1C. The third kappa shape index (κ3) is 4.11. The average Bonchev–Trinajstić information content (AvgIpc) is 3.12. The Bertz CT molecular complexity index is 832. The lowest BCUT2D eigenvalue weighted by molar-refractivity contribution is 0.645. The molecule has 0 bridgehead atoms. The first-order chi connectivity index (χ1) is 12.1. The van der Waals surface area contributed by atoms with Gasteiger partial charge < -0.3 is 5.32 Å². The van der Waals surface area contributed by atoms with Crippen LogP contribution in [0.3, 0.4) is 0 Å². The van der Waals surface area contributed by atoms with Crippen LogP contribution < -0.4 is 5.32 Å². The van der Waals surface area contributed by atoms with Gasteiger partial charge in [0.05, 0.1) is 17.6 Å². The zero-order valence-electron chi connectivity index (χ0n) is 14.9. The van der Waals surface area contributed by atoms with E-state index in [0.29, 0.717) is 0 Å². The van der Waals surface area contributed by atoms with Gasteiger partial charge in [0, 0.05) is 28.5 Å². The number of benzene rings is 1. The number of nitrogens with one attached hydrogen (secondary N) is 2. The highest BCUT2D eigenvalue weighted by molar-refractivity contribution is 6.30. The zero-order valence-corrected chi connectivity index (χ0v) is 15.7. The van der Waals surface area contributed by atoms with Gasteiger partial charge >= 0.3 is 0 Å². The van der Waals surface area contributed by atoms with E-state index < -0.39 is 0 Å². The van der Waals surface area contributed by atoms with Crippen molar-refractivity contribution < 1.29 is 0 Å². The summed E-state index contributed by atoms with van der Waals surface area (Å²) in [6.07, 6.45) is 4.04. The van der Waals surface area contributed by atoms with E-state index in [1.807, 2.05) is 35.1 Å². The predicted octanol–water partition coefficient (Wildman–Crippen LogP) is 3.90. The second kappa shape index (κ2) is 7.85. The Morgan fingerprint density at radius 3 is 2.60 bits per heavy atom. The van der Waals surface area contributed by atoms with Crippen LogP contribution in [-0.4, -0.2) is 26.5 Å². The first-order valence-electron chi connectivity index (χ1n) is 8.57. The summed E-state index contributed by atoms with van der Waals surface area (Å²) in [5, 5.41) is 16.0. The average molecular weight is 358 g/mol. The standard InChI is InChI=1S/C19H24ClN5/c1-13-16(11-22-23-13)5-4-10-21-12-19-14(2)24-25(15(19)3)18-8-6-17(20)7-9-18/h6-9,11,21H,4-5,10,12H2,1-3H3,(H,22,23). The summed E-state index contributed by atoms with van der Waals surface area (Å²) in [5.74, 6) is 0. The van der Waals surface area contributed by atoms with Crippen molar-refractivity contribution in [2.24, 2.45) is 0 Å². The molecule has 1 aromatic carbocycles. The van der Waals surface area contributed by atoms with Crippen LogP contribution >= 0.6 is 11.6 Å². The summed E-state index contributed by atoms with van der Waals surface area (Å²) in [7, 11) is 0. The van der Waals surface area contributed by atoms with E-state index in [0.717, 1.165) is 53.7 Å². The number of H-pyrrole nitrogens is 1. The maximum absolute atomic E-state index is 5.97. The third-order valence-corrected chi connectivity index (χ3v) is 4.80. The lowest BCUT2D eigenvalue weighted by atomic mass is 10.1. The largest absolute Gasteiger partial charge is 0.313 e. The molecule has 3 rings (SSSR count). The minimum Gasteiger partial charge on any atom is -0.313 e. The molecule has 2 aromatic heterocycles. The van der Waals surface area contributed by atoms with Gasteiger partial charge in [0.2, 0.25) is 0 Å². The Labute approximate surface area is 153 Å². The maximum Gasteiger partial charge on any atom is 0.0649 e. The summed E-state index contributed by atoms with van der Waals surface area (Å²) >= 11 is 5.97. The lowest BCUT2D eigenvalue weighted by Gasteiger charge is -2.07. The molecule has 0 saturated carbocycles. The van der Waals surface area contributed by atoms with Crippen LogP contribution in [0.1, 0.15) is 34.6 Å². The van der Waals surface area contributed by atoms with Crippen LogP contribution in [0.15, 0.2) is 30.5 Å². The summed E-state index contributed by atoms with van der Waals surface area (Å²) in [5.41, 5.74) is 6.98. The maximum atomic E-state index is 5.97. The number of aryl methyl sites for hydroxylation is 3. The van der Waals surface area contributed by atoms with E-state index in [1.54, 1.807) is 0 Å². The fraction of sp³-hybridized carbons (Fsp3) is 0.368. The fourth-order valence-corrected chi connectivity index (χ4v) is 3.14. The Kier molecular flexibility index (Phi) is 5.56. The van der Waals surface area contributed by atoms with Gasteiger partial charge in [-0.25, -0.2) is 4.68 Å². The highest BCUT2D eigenvalue weighted by Crippen LogP contribution is 2.19. The quantitative estimate of drug-likeness (QED) is 0.630. The molecule has 5 nitrogen and oxygen atoms in total. The molecule has 132 valence electrons. The first kappa shape index (κ1) is 17.7. The summed E-state index contributed by atoms with van der Waals surface area (Å²) in [6.45, 7) is 8.03. The minimum absolute atomic E-state index is 0.736. The van der Waals surface area contributed by atoms with E-state index in [2.05, 4.69) is 41.4 Å². The van der Waals surface area contributed by atoms with Crippen molar-refractivity contribution in [1.82, 2.24) is 25.3 Å². The van der Waals surface area contributed by atoms with Crippen molar-refractivity contribution in [2.45, 2.75) is 40.2 Å². The summed E-state index contributed by atoms with van der Waals surface area (Å²) < 4.78 is 1.98. The van der Waals surface area contributed by atoms with Gasteiger partial charge in [-0.05, 0) is 70.0 Å². The fourth-order valence-electron chi connectivity index (χ4n) is 3.01. The van der Waals surface area contributed by atoms with Crippen molar-refractivity contribution in [1.29, 1.82) is 0 Å². The molecule has 0 amide bonds. The van der Waals surface area contributed by atoms with Crippen LogP contribution in [0.2, 0.25) is 5.02 Å². The molecule has 0 unspecified atom stereocenters. The van der Waals surface area contributed by atoms with Gasteiger partial charge in [-0.1, -0.05) is 11.6 Å². The van der Waals surface area contributed by atoms with Crippen LogP contribution in [0.4, 0.5) is 0 Å². The normalized spacial score (nSPS) is 11.2. The Balaban J connectivity index is 1.57. The molecular weight excluding hydrogens is 334 g/mol. The molecule has 3 aromatic rings. The number of rotatable bonds is 7. The number of hydrogen-bond acceptors (Lipinski definition) is 3. The van der Waals surface area contributed by atoms with E-state index in [-0.39, 0.29) is 0 Å². The molecule has 0 radical (unpaired) electrons. The van der Waals surface area contributed by atoms with Crippen LogP contribution in [-0.2, 0) is 13.0 Å². The van der Waals surface area contributed by atoms with Gasteiger partial charge in [-0.15, -0.1) is 0 Å². The topological polar surface area (TPSA) is 58.5 Å². The number of halogens is 1. The number of nitrogens with zero attached hydrogens (tertiary/aromatic N) is 3. The molecular formula is C19H24ClN5. The van der Waals surface area contributed by atoms with Crippen LogP contribution in [0, 0.1) is 20.8 Å². The molecule has 0 aliphatic carbocycles. The van der Waals surface area contributed by atoms with E-state index in [4.69, 9.17) is 11.6 Å². The third-order valence-electron chi connectivity index (χ3n) is 4.55. The molecule has 0 atom stereocenters. The molecule has 0 aliphatic rings. The number of aromatic amines is 1. The molecule has 0 fully saturated rings. The van der Waals surface area contributed by atoms with Crippen molar-refractivity contribution in [3.63, 3.8) is 0 Å².